The molecule has 0 atom stereocenters. The van der Waals surface area contributed by atoms with E-state index in [1.807, 2.05) is 23.8 Å². The van der Waals surface area contributed by atoms with E-state index in [2.05, 4.69) is 27.4 Å². The van der Waals surface area contributed by atoms with E-state index < -0.39 is 0 Å². The van der Waals surface area contributed by atoms with Crippen LogP contribution in [-0.2, 0) is 0 Å². The van der Waals surface area contributed by atoms with Gasteiger partial charge in [-0.15, -0.1) is 23.1 Å². The lowest BCUT2D eigenvalue weighted by molar-refractivity contribution is 0.102. The molecule has 2 aromatic heterocycles. The summed E-state index contributed by atoms with van der Waals surface area (Å²) in [7, 11) is 1.53. The van der Waals surface area contributed by atoms with E-state index >= 15 is 0 Å². The van der Waals surface area contributed by atoms with Gasteiger partial charge < -0.3 is 4.74 Å². The van der Waals surface area contributed by atoms with Crippen LogP contribution in [0.3, 0.4) is 0 Å². The Labute approximate surface area is 148 Å². The monoisotopic (exact) mass is 357 g/mol. The third-order valence-electron chi connectivity index (χ3n) is 3.32. The van der Waals surface area contributed by atoms with Crippen LogP contribution in [0.25, 0.3) is 11.3 Å². The molecule has 5 nitrogen and oxygen atoms in total. The van der Waals surface area contributed by atoms with E-state index in [0.29, 0.717) is 16.6 Å². The Morgan fingerprint density at radius 3 is 2.62 bits per heavy atom. The molecule has 0 aliphatic heterocycles. The number of nitrogens with zero attached hydrogens (tertiary/aromatic N) is 2. The van der Waals surface area contributed by atoms with Crippen molar-refractivity contribution in [1.82, 2.24) is 9.97 Å². The van der Waals surface area contributed by atoms with Gasteiger partial charge in [-0.05, 0) is 24.5 Å². The smallest absolute Gasteiger partial charge is 0.259 e. The first kappa shape index (κ1) is 16.5. The van der Waals surface area contributed by atoms with Crippen molar-refractivity contribution >= 4 is 34.1 Å². The van der Waals surface area contributed by atoms with Crippen molar-refractivity contribution in [2.45, 2.75) is 4.90 Å². The Kier molecular flexibility index (Phi) is 5.12. The van der Waals surface area contributed by atoms with Crippen LogP contribution in [0, 0.1) is 0 Å². The second-order valence-electron chi connectivity index (χ2n) is 4.81. The van der Waals surface area contributed by atoms with Crippen LogP contribution in [0.4, 0.5) is 5.13 Å². The molecule has 0 saturated carbocycles. The number of nitrogens with one attached hydrogen (secondary N) is 1. The second-order valence-corrected chi connectivity index (χ2v) is 6.55. The summed E-state index contributed by atoms with van der Waals surface area (Å²) in [6.45, 7) is 0. The zero-order valence-electron chi connectivity index (χ0n) is 13.1. The molecule has 3 aromatic rings. The number of hydrogen-bond acceptors (Lipinski definition) is 6. The normalized spacial score (nSPS) is 10.4. The van der Waals surface area contributed by atoms with E-state index in [-0.39, 0.29) is 5.91 Å². The van der Waals surface area contributed by atoms with Crippen molar-refractivity contribution in [2.75, 3.05) is 18.7 Å². The standard InChI is InChI=1S/C17H15N3O2S2/c1-22-15-8-5-12(9-18-15)16(21)20-17-19-14(10-24-17)11-3-6-13(23-2)7-4-11/h3-10H,1-2H3,(H,19,20,21). The van der Waals surface area contributed by atoms with E-state index in [4.69, 9.17) is 4.74 Å². The molecule has 2 heterocycles. The summed E-state index contributed by atoms with van der Waals surface area (Å²) in [6, 6.07) is 11.5. The number of pyridine rings is 1. The second kappa shape index (κ2) is 7.46. The first-order valence-corrected chi connectivity index (χ1v) is 9.21. The predicted molar refractivity (Wildman–Crippen MR) is 98.1 cm³/mol. The highest BCUT2D eigenvalue weighted by Gasteiger charge is 2.10. The molecule has 0 fully saturated rings. The molecule has 1 amide bonds. The van der Waals surface area contributed by atoms with Crippen LogP contribution in [0.5, 0.6) is 5.88 Å². The van der Waals surface area contributed by atoms with Gasteiger partial charge in [-0.1, -0.05) is 12.1 Å². The number of hydrogen-bond donors (Lipinski definition) is 1. The highest BCUT2D eigenvalue weighted by Crippen LogP contribution is 2.27. The predicted octanol–water partition coefficient (Wildman–Crippen LogP) is 4.19. The number of thioether (sulfide) groups is 1. The van der Waals surface area contributed by atoms with Gasteiger partial charge in [0.25, 0.3) is 5.91 Å². The Balaban J connectivity index is 1.71. The first-order valence-electron chi connectivity index (χ1n) is 7.11. The Hall–Kier alpha value is -2.38. The lowest BCUT2D eigenvalue weighted by Gasteiger charge is -2.02. The molecule has 0 aliphatic carbocycles. The van der Waals surface area contributed by atoms with E-state index in [0.717, 1.165) is 11.3 Å². The molecule has 0 bridgehead atoms. The number of carbonyl (C=O) groups is 1. The molecule has 0 spiro atoms. The van der Waals surface area contributed by atoms with E-state index in [1.54, 1.807) is 23.9 Å². The van der Waals surface area contributed by atoms with Crippen LogP contribution < -0.4 is 10.1 Å². The fraction of sp³-hybridized carbons (Fsp3) is 0.118. The van der Waals surface area contributed by atoms with Crippen molar-refractivity contribution in [2.24, 2.45) is 0 Å². The molecular formula is C17H15N3O2S2. The molecule has 0 aliphatic rings. The van der Waals surface area contributed by atoms with Crippen molar-refractivity contribution in [3.63, 3.8) is 0 Å². The summed E-state index contributed by atoms with van der Waals surface area (Å²) in [4.78, 5) is 21.9. The number of carbonyl (C=O) groups excluding carboxylic acids is 1. The number of anilines is 1. The molecule has 3 rings (SSSR count). The highest BCUT2D eigenvalue weighted by atomic mass is 32.2. The number of benzene rings is 1. The Bertz CT molecular complexity index is 830. The Morgan fingerprint density at radius 2 is 2.00 bits per heavy atom. The number of methoxy groups -OCH3 is 1. The molecule has 0 radical (unpaired) electrons. The maximum Gasteiger partial charge on any atom is 0.259 e. The number of aromatic nitrogens is 2. The molecule has 1 aromatic carbocycles. The van der Waals surface area contributed by atoms with Gasteiger partial charge in [0.1, 0.15) is 0 Å². The lowest BCUT2D eigenvalue weighted by Crippen LogP contribution is -2.12. The van der Waals surface area contributed by atoms with Crippen molar-refractivity contribution < 1.29 is 9.53 Å². The highest BCUT2D eigenvalue weighted by molar-refractivity contribution is 7.98. The maximum absolute atomic E-state index is 12.2. The number of amides is 1. The minimum absolute atomic E-state index is 0.246. The summed E-state index contributed by atoms with van der Waals surface area (Å²) < 4.78 is 4.98. The van der Waals surface area contributed by atoms with Gasteiger partial charge in [0, 0.05) is 28.1 Å². The Morgan fingerprint density at radius 1 is 1.21 bits per heavy atom. The largest absolute Gasteiger partial charge is 0.481 e. The van der Waals surface area contributed by atoms with E-state index in [1.165, 1.54) is 29.5 Å². The molecular weight excluding hydrogens is 342 g/mol. The fourth-order valence-corrected chi connectivity index (χ4v) is 3.15. The summed E-state index contributed by atoms with van der Waals surface area (Å²) in [6.07, 6.45) is 3.52. The molecule has 122 valence electrons. The van der Waals surface area contributed by atoms with Crippen LogP contribution >= 0.6 is 23.1 Å². The summed E-state index contributed by atoms with van der Waals surface area (Å²) in [5.41, 5.74) is 2.32. The molecule has 0 saturated heterocycles. The fourth-order valence-electron chi connectivity index (χ4n) is 2.03. The van der Waals surface area contributed by atoms with Crippen LogP contribution in [0.1, 0.15) is 10.4 Å². The minimum Gasteiger partial charge on any atom is -0.481 e. The van der Waals surface area contributed by atoms with Crippen molar-refractivity contribution in [1.29, 1.82) is 0 Å². The lowest BCUT2D eigenvalue weighted by atomic mass is 10.2. The van der Waals surface area contributed by atoms with Crippen LogP contribution in [0.2, 0.25) is 0 Å². The van der Waals surface area contributed by atoms with E-state index in [9.17, 15) is 4.79 Å². The van der Waals surface area contributed by atoms with Gasteiger partial charge in [0.2, 0.25) is 5.88 Å². The summed E-state index contributed by atoms with van der Waals surface area (Å²) in [5.74, 6) is 0.223. The molecule has 0 unspecified atom stereocenters. The summed E-state index contributed by atoms with van der Waals surface area (Å²) >= 11 is 3.09. The van der Waals surface area contributed by atoms with Crippen LogP contribution in [0.15, 0.2) is 52.9 Å². The molecule has 24 heavy (non-hydrogen) atoms. The van der Waals surface area contributed by atoms with Gasteiger partial charge in [-0.2, -0.15) is 0 Å². The zero-order chi connectivity index (χ0) is 16.9. The molecule has 7 heteroatoms. The summed E-state index contributed by atoms with van der Waals surface area (Å²) in [5, 5.41) is 5.27. The van der Waals surface area contributed by atoms with Gasteiger partial charge in [-0.3, -0.25) is 10.1 Å². The van der Waals surface area contributed by atoms with Gasteiger partial charge in [-0.25, -0.2) is 9.97 Å². The first-order chi connectivity index (χ1) is 11.7. The average Bonchev–Trinajstić information content (AvgIpc) is 3.10. The SMILES string of the molecule is COc1ccc(C(=O)Nc2nc(-c3ccc(SC)cc3)cs2)cn1. The van der Waals surface area contributed by atoms with Gasteiger partial charge >= 0.3 is 0 Å². The molecule has 1 N–H and O–H groups in total. The quantitative estimate of drug-likeness (QED) is 0.694. The topological polar surface area (TPSA) is 64.1 Å². The minimum atomic E-state index is -0.246. The number of rotatable bonds is 5. The van der Waals surface area contributed by atoms with Crippen molar-refractivity contribution in [3.05, 3.63) is 53.5 Å². The third-order valence-corrected chi connectivity index (χ3v) is 4.82. The van der Waals surface area contributed by atoms with Crippen molar-refractivity contribution in [3.8, 4) is 17.1 Å². The van der Waals surface area contributed by atoms with Gasteiger partial charge in [0.15, 0.2) is 5.13 Å². The average molecular weight is 357 g/mol. The zero-order valence-corrected chi connectivity index (χ0v) is 14.8. The number of ether oxygens (including phenoxy) is 1. The number of thiazole rings is 1. The van der Waals surface area contributed by atoms with Crippen LogP contribution in [-0.4, -0.2) is 29.2 Å². The maximum atomic E-state index is 12.2. The third kappa shape index (κ3) is 3.74. The van der Waals surface area contributed by atoms with Gasteiger partial charge in [0.05, 0.1) is 18.4 Å².